The average molecular weight is 248 g/mol. The van der Waals surface area contributed by atoms with E-state index in [0.717, 1.165) is 0 Å². The Bertz CT molecular complexity index is 357. The number of carbonyl (C=O) groups is 1. The van der Waals surface area contributed by atoms with Crippen LogP contribution in [-0.2, 0) is 14.6 Å². The van der Waals surface area contributed by atoms with Crippen molar-refractivity contribution in [2.75, 3.05) is 18.1 Å². The average Bonchev–Trinajstić information content (AvgIpc) is 2.39. The van der Waals surface area contributed by atoms with Gasteiger partial charge >= 0.3 is 0 Å². The summed E-state index contributed by atoms with van der Waals surface area (Å²) in [6, 6.07) is 0. The zero-order valence-electron chi connectivity index (χ0n) is 9.82. The second kappa shape index (κ2) is 4.71. The summed E-state index contributed by atoms with van der Waals surface area (Å²) in [5, 5.41) is 2.74. The zero-order chi connectivity index (χ0) is 12.4. The van der Waals surface area contributed by atoms with Gasteiger partial charge in [-0.15, -0.1) is 0 Å². The van der Waals surface area contributed by atoms with Crippen molar-refractivity contribution in [1.29, 1.82) is 0 Å². The molecule has 5 nitrogen and oxygen atoms in total. The molecule has 94 valence electrons. The fourth-order valence-electron chi connectivity index (χ4n) is 1.77. The fourth-order valence-corrected chi connectivity index (χ4v) is 3.63. The molecule has 1 aliphatic heterocycles. The minimum atomic E-state index is -2.85. The van der Waals surface area contributed by atoms with Crippen LogP contribution in [0.3, 0.4) is 0 Å². The van der Waals surface area contributed by atoms with Crippen LogP contribution in [0.4, 0.5) is 0 Å². The van der Waals surface area contributed by atoms with E-state index in [2.05, 4.69) is 5.32 Å². The number of nitrogens with one attached hydrogen (secondary N) is 1. The van der Waals surface area contributed by atoms with E-state index >= 15 is 0 Å². The van der Waals surface area contributed by atoms with Crippen LogP contribution in [0.2, 0.25) is 0 Å². The topological polar surface area (TPSA) is 89.3 Å². The second-order valence-electron chi connectivity index (χ2n) is 5.24. The van der Waals surface area contributed by atoms with Gasteiger partial charge in [-0.1, -0.05) is 0 Å². The van der Waals surface area contributed by atoms with Crippen LogP contribution in [0.15, 0.2) is 0 Å². The fraction of sp³-hybridized carbons (Fsp3) is 0.900. The van der Waals surface area contributed by atoms with E-state index in [4.69, 9.17) is 5.73 Å². The summed E-state index contributed by atoms with van der Waals surface area (Å²) in [7, 11) is -2.85. The quantitative estimate of drug-likeness (QED) is 0.712. The van der Waals surface area contributed by atoms with Gasteiger partial charge in [0.2, 0.25) is 5.91 Å². The first-order valence-electron chi connectivity index (χ1n) is 5.44. The van der Waals surface area contributed by atoms with Crippen molar-refractivity contribution in [2.45, 2.75) is 32.2 Å². The lowest BCUT2D eigenvalue weighted by Crippen LogP contribution is -2.40. The normalized spacial score (nSPS) is 24.3. The van der Waals surface area contributed by atoms with Crippen LogP contribution < -0.4 is 11.1 Å². The van der Waals surface area contributed by atoms with Crippen molar-refractivity contribution < 1.29 is 13.2 Å². The molecular weight excluding hydrogens is 228 g/mol. The molecule has 0 saturated carbocycles. The van der Waals surface area contributed by atoms with Crippen LogP contribution in [0.5, 0.6) is 0 Å². The lowest BCUT2D eigenvalue weighted by Gasteiger charge is -2.18. The Morgan fingerprint density at radius 2 is 2.12 bits per heavy atom. The third-order valence-electron chi connectivity index (χ3n) is 2.53. The van der Waals surface area contributed by atoms with Crippen molar-refractivity contribution in [3.63, 3.8) is 0 Å². The number of sulfone groups is 1. The molecule has 16 heavy (non-hydrogen) atoms. The van der Waals surface area contributed by atoms with E-state index < -0.39 is 15.4 Å². The highest BCUT2D eigenvalue weighted by molar-refractivity contribution is 7.91. The monoisotopic (exact) mass is 248 g/mol. The second-order valence-corrected chi connectivity index (χ2v) is 7.47. The first-order valence-corrected chi connectivity index (χ1v) is 7.26. The molecule has 1 atom stereocenters. The standard InChI is InChI=1S/C10H20N2O3S/c1-10(2,11)5-9(13)12-6-8-3-4-16(14,15)7-8/h8H,3-7,11H2,1-2H3,(H,12,13). The minimum Gasteiger partial charge on any atom is -0.356 e. The van der Waals surface area contributed by atoms with Crippen LogP contribution >= 0.6 is 0 Å². The molecule has 1 aliphatic rings. The molecule has 1 unspecified atom stereocenters. The molecule has 6 heteroatoms. The summed E-state index contributed by atoms with van der Waals surface area (Å²) < 4.78 is 22.4. The van der Waals surface area contributed by atoms with Gasteiger partial charge in [0.15, 0.2) is 9.84 Å². The highest BCUT2D eigenvalue weighted by Crippen LogP contribution is 2.17. The van der Waals surface area contributed by atoms with Gasteiger partial charge in [-0.05, 0) is 26.2 Å². The summed E-state index contributed by atoms with van der Waals surface area (Å²) in [5.74, 6) is 0.390. The summed E-state index contributed by atoms with van der Waals surface area (Å²) in [4.78, 5) is 11.4. The van der Waals surface area contributed by atoms with E-state index in [1.54, 1.807) is 13.8 Å². The number of hydrogen-bond donors (Lipinski definition) is 2. The maximum atomic E-state index is 11.4. The molecule has 0 aromatic heterocycles. The molecular formula is C10H20N2O3S. The van der Waals surface area contributed by atoms with Gasteiger partial charge in [0.05, 0.1) is 11.5 Å². The van der Waals surface area contributed by atoms with Crippen molar-refractivity contribution in [3.05, 3.63) is 0 Å². The van der Waals surface area contributed by atoms with Gasteiger partial charge in [-0.3, -0.25) is 4.79 Å². The smallest absolute Gasteiger partial charge is 0.221 e. The molecule has 0 aromatic rings. The van der Waals surface area contributed by atoms with Crippen molar-refractivity contribution in [3.8, 4) is 0 Å². The molecule has 1 rings (SSSR count). The number of rotatable bonds is 4. The minimum absolute atomic E-state index is 0.0647. The molecule has 0 spiro atoms. The largest absolute Gasteiger partial charge is 0.356 e. The number of amides is 1. The number of nitrogens with two attached hydrogens (primary N) is 1. The Morgan fingerprint density at radius 1 is 1.50 bits per heavy atom. The van der Waals surface area contributed by atoms with Crippen LogP contribution in [-0.4, -0.2) is 37.9 Å². The predicted octanol–water partition coefficient (Wildman–Crippen LogP) is -0.335. The Kier molecular flexibility index (Phi) is 3.96. The highest BCUT2D eigenvalue weighted by atomic mass is 32.2. The van der Waals surface area contributed by atoms with Gasteiger partial charge in [0, 0.05) is 18.5 Å². The van der Waals surface area contributed by atoms with Crippen molar-refractivity contribution in [1.82, 2.24) is 5.32 Å². The van der Waals surface area contributed by atoms with Gasteiger partial charge in [-0.2, -0.15) is 0 Å². The van der Waals surface area contributed by atoms with Gasteiger partial charge < -0.3 is 11.1 Å². The molecule has 0 aromatic carbocycles. The van der Waals surface area contributed by atoms with Crippen LogP contribution in [0.1, 0.15) is 26.7 Å². The summed E-state index contributed by atoms with van der Waals surface area (Å²) in [6.07, 6.45) is 0.904. The first kappa shape index (κ1) is 13.4. The third-order valence-corrected chi connectivity index (χ3v) is 4.37. The van der Waals surface area contributed by atoms with Crippen molar-refractivity contribution in [2.24, 2.45) is 11.7 Å². The summed E-state index contributed by atoms with van der Waals surface area (Å²) >= 11 is 0. The molecule has 1 saturated heterocycles. The SMILES string of the molecule is CC(C)(N)CC(=O)NCC1CCS(=O)(=O)C1. The van der Waals surface area contributed by atoms with Crippen LogP contribution in [0, 0.1) is 5.92 Å². The molecule has 3 N–H and O–H groups in total. The summed E-state index contributed by atoms with van der Waals surface area (Å²) in [5.41, 5.74) is 5.18. The maximum absolute atomic E-state index is 11.4. The Hall–Kier alpha value is -0.620. The molecule has 0 bridgehead atoms. The first-order chi connectivity index (χ1) is 7.18. The summed E-state index contributed by atoms with van der Waals surface area (Å²) in [6.45, 7) is 4.01. The molecule has 0 radical (unpaired) electrons. The number of carbonyl (C=O) groups excluding carboxylic acids is 1. The molecule has 1 amide bonds. The van der Waals surface area contributed by atoms with E-state index in [9.17, 15) is 13.2 Å². The molecule has 1 heterocycles. The van der Waals surface area contributed by atoms with Gasteiger partial charge in [0.1, 0.15) is 0 Å². The highest BCUT2D eigenvalue weighted by Gasteiger charge is 2.28. The van der Waals surface area contributed by atoms with Gasteiger partial charge in [-0.25, -0.2) is 8.42 Å². The van der Waals surface area contributed by atoms with Gasteiger partial charge in [0.25, 0.3) is 0 Å². The lowest BCUT2D eigenvalue weighted by molar-refractivity contribution is -0.122. The Morgan fingerprint density at radius 3 is 2.56 bits per heavy atom. The molecule has 1 fully saturated rings. The van der Waals surface area contributed by atoms with E-state index in [0.29, 0.717) is 13.0 Å². The van der Waals surface area contributed by atoms with Crippen molar-refractivity contribution >= 4 is 15.7 Å². The zero-order valence-corrected chi connectivity index (χ0v) is 10.6. The maximum Gasteiger partial charge on any atom is 0.221 e. The number of hydrogen-bond acceptors (Lipinski definition) is 4. The van der Waals surface area contributed by atoms with Crippen LogP contribution in [0.25, 0.3) is 0 Å². The lowest BCUT2D eigenvalue weighted by atomic mass is 10.0. The van der Waals surface area contributed by atoms with E-state index in [1.807, 2.05) is 0 Å². The molecule has 0 aliphatic carbocycles. The third kappa shape index (κ3) is 4.94. The Labute approximate surface area is 96.7 Å². The Balaban J connectivity index is 2.29. The predicted molar refractivity (Wildman–Crippen MR) is 62.7 cm³/mol. The van der Waals surface area contributed by atoms with E-state index in [1.165, 1.54) is 0 Å². The van der Waals surface area contributed by atoms with E-state index in [-0.39, 0.29) is 29.8 Å².